The minimum atomic E-state index is -0.833. The van der Waals surface area contributed by atoms with E-state index in [1.807, 2.05) is 31.2 Å². The first-order valence-corrected chi connectivity index (χ1v) is 8.88. The smallest absolute Gasteiger partial charge is 0.312 e. The van der Waals surface area contributed by atoms with E-state index in [9.17, 15) is 14.4 Å². The summed E-state index contributed by atoms with van der Waals surface area (Å²) < 4.78 is 5.28. The number of rotatable bonds is 6. The topological polar surface area (TPSA) is 75.7 Å². The van der Waals surface area contributed by atoms with Gasteiger partial charge in [-0.3, -0.25) is 14.4 Å². The average molecular weight is 344 g/mol. The van der Waals surface area contributed by atoms with Crippen LogP contribution in [0.2, 0.25) is 0 Å². The van der Waals surface area contributed by atoms with Gasteiger partial charge >= 0.3 is 5.97 Å². The number of esters is 1. The molecule has 1 aromatic carbocycles. The lowest BCUT2D eigenvalue weighted by molar-refractivity contribution is -0.158. The Hall–Kier alpha value is -2.37. The first-order chi connectivity index (χ1) is 12.0. The highest BCUT2D eigenvalue weighted by molar-refractivity contribution is 6.00. The predicted molar refractivity (Wildman–Crippen MR) is 93.0 cm³/mol. The van der Waals surface area contributed by atoms with Gasteiger partial charge in [0.25, 0.3) is 5.91 Å². The molecule has 1 saturated carbocycles. The van der Waals surface area contributed by atoms with Gasteiger partial charge in [0.2, 0.25) is 5.91 Å². The second-order valence-corrected chi connectivity index (χ2v) is 6.75. The number of aryl methyl sites for hydroxylation is 1. The molecular formula is C19H24N2O4. The van der Waals surface area contributed by atoms with Crippen molar-refractivity contribution in [3.63, 3.8) is 0 Å². The fourth-order valence-corrected chi connectivity index (χ4v) is 3.04. The van der Waals surface area contributed by atoms with Crippen LogP contribution in [0.25, 0.3) is 0 Å². The van der Waals surface area contributed by atoms with Gasteiger partial charge in [-0.25, -0.2) is 0 Å². The highest BCUT2D eigenvalue weighted by atomic mass is 16.5. The minimum absolute atomic E-state index is 0.0852. The van der Waals surface area contributed by atoms with Crippen molar-refractivity contribution < 1.29 is 19.1 Å². The molecule has 3 rings (SSSR count). The number of hydrogen-bond acceptors (Lipinski definition) is 4. The first kappa shape index (κ1) is 17.5. The van der Waals surface area contributed by atoms with Crippen LogP contribution in [-0.2, 0) is 25.5 Å². The third-order valence-electron chi connectivity index (χ3n) is 4.71. The number of anilines is 1. The molecule has 1 saturated heterocycles. The Morgan fingerprint density at radius 3 is 2.72 bits per heavy atom. The van der Waals surface area contributed by atoms with Crippen LogP contribution in [0.3, 0.4) is 0 Å². The van der Waals surface area contributed by atoms with E-state index in [0.717, 1.165) is 30.5 Å². The quantitative estimate of drug-likeness (QED) is 0.799. The summed E-state index contributed by atoms with van der Waals surface area (Å²) in [5, 5.41) is 2.81. The van der Waals surface area contributed by atoms with Crippen molar-refractivity contribution in [2.45, 2.75) is 51.7 Å². The average Bonchev–Trinajstić information content (AvgIpc) is 3.33. The molecule has 1 heterocycles. The molecule has 2 atom stereocenters. The van der Waals surface area contributed by atoms with Crippen molar-refractivity contribution in [3.05, 3.63) is 29.8 Å². The van der Waals surface area contributed by atoms with E-state index in [0.29, 0.717) is 6.54 Å². The number of ether oxygens (including phenoxy) is 1. The van der Waals surface area contributed by atoms with Gasteiger partial charge in [-0.15, -0.1) is 0 Å². The predicted octanol–water partition coefficient (Wildman–Crippen LogP) is 1.81. The van der Waals surface area contributed by atoms with Crippen molar-refractivity contribution >= 4 is 23.5 Å². The molecule has 0 unspecified atom stereocenters. The fourth-order valence-electron chi connectivity index (χ4n) is 3.04. The molecule has 0 bridgehead atoms. The second-order valence-electron chi connectivity index (χ2n) is 6.75. The van der Waals surface area contributed by atoms with Crippen molar-refractivity contribution in [1.82, 2.24) is 5.32 Å². The zero-order chi connectivity index (χ0) is 18.0. The molecule has 0 spiro atoms. The number of carbonyl (C=O) groups is 3. The Kier molecular flexibility index (Phi) is 5.06. The summed E-state index contributed by atoms with van der Waals surface area (Å²) in [5.41, 5.74) is 1.92. The molecule has 6 heteroatoms. The van der Waals surface area contributed by atoms with E-state index in [2.05, 4.69) is 5.32 Å². The maximum Gasteiger partial charge on any atom is 0.312 e. The summed E-state index contributed by atoms with van der Waals surface area (Å²) in [5.74, 6) is -1.37. The highest BCUT2D eigenvalue weighted by Gasteiger charge is 2.38. The van der Waals surface area contributed by atoms with E-state index < -0.39 is 18.0 Å². The third kappa shape index (κ3) is 4.00. The zero-order valence-electron chi connectivity index (χ0n) is 14.7. The van der Waals surface area contributed by atoms with Gasteiger partial charge in [0.05, 0.1) is 5.92 Å². The molecule has 0 radical (unpaired) electrons. The van der Waals surface area contributed by atoms with Gasteiger partial charge in [-0.05, 0) is 37.8 Å². The van der Waals surface area contributed by atoms with Crippen LogP contribution in [0.5, 0.6) is 0 Å². The van der Waals surface area contributed by atoms with Crippen LogP contribution in [-0.4, -0.2) is 36.5 Å². The highest BCUT2D eigenvalue weighted by Crippen LogP contribution is 2.29. The fraction of sp³-hybridized carbons (Fsp3) is 0.526. The van der Waals surface area contributed by atoms with Crippen LogP contribution in [0, 0.1) is 5.92 Å². The normalized spacial score (nSPS) is 21.1. The van der Waals surface area contributed by atoms with Crippen molar-refractivity contribution in [3.8, 4) is 0 Å². The Bertz CT molecular complexity index is 684. The molecule has 1 aliphatic carbocycles. The summed E-state index contributed by atoms with van der Waals surface area (Å²) in [6, 6.07) is 7.93. The van der Waals surface area contributed by atoms with Crippen molar-refractivity contribution in [2.75, 3.05) is 11.4 Å². The lowest BCUT2D eigenvalue weighted by Gasteiger charge is -2.20. The number of nitrogens with zero attached hydrogens (tertiary/aromatic N) is 1. The van der Waals surface area contributed by atoms with E-state index in [-0.39, 0.29) is 24.3 Å². The van der Waals surface area contributed by atoms with Gasteiger partial charge in [-0.2, -0.15) is 0 Å². The molecule has 134 valence electrons. The van der Waals surface area contributed by atoms with Gasteiger partial charge in [-0.1, -0.05) is 25.1 Å². The number of nitrogens with one attached hydrogen (secondary N) is 1. The van der Waals surface area contributed by atoms with Gasteiger partial charge in [0, 0.05) is 24.7 Å². The first-order valence-electron chi connectivity index (χ1n) is 8.88. The summed E-state index contributed by atoms with van der Waals surface area (Å²) in [6.45, 7) is 3.90. The SMILES string of the molecule is CCc1ccccc1N1C[C@H](C(=O)O[C@H](C)C(=O)NC2CC2)CC1=O. The number of amides is 2. The maximum atomic E-state index is 12.4. The summed E-state index contributed by atoms with van der Waals surface area (Å²) in [7, 11) is 0. The van der Waals surface area contributed by atoms with Crippen molar-refractivity contribution in [2.24, 2.45) is 5.92 Å². The Labute approximate surface area is 147 Å². The van der Waals surface area contributed by atoms with Crippen molar-refractivity contribution in [1.29, 1.82) is 0 Å². The lowest BCUT2D eigenvalue weighted by atomic mass is 10.1. The lowest BCUT2D eigenvalue weighted by Crippen LogP contribution is -2.38. The standard InChI is InChI=1S/C19H24N2O4/c1-3-13-6-4-5-7-16(13)21-11-14(10-17(21)22)19(24)25-12(2)18(23)20-15-8-9-15/h4-7,12,14-15H,3,8-11H2,1-2H3,(H,20,23)/t12-,14-/m1/s1. The summed E-state index contributed by atoms with van der Waals surface area (Å²) >= 11 is 0. The monoisotopic (exact) mass is 344 g/mol. The van der Waals surface area contributed by atoms with Gasteiger partial charge in [0.15, 0.2) is 6.10 Å². The van der Waals surface area contributed by atoms with Crippen LogP contribution in [0.15, 0.2) is 24.3 Å². The van der Waals surface area contributed by atoms with Crippen LogP contribution >= 0.6 is 0 Å². The zero-order valence-corrected chi connectivity index (χ0v) is 14.7. The van der Waals surface area contributed by atoms with E-state index in [1.165, 1.54) is 0 Å². The molecule has 1 N–H and O–H groups in total. The number of para-hydroxylation sites is 1. The third-order valence-corrected chi connectivity index (χ3v) is 4.71. The molecule has 2 aliphatic rings. The molecule has 1 aliphatic heterocycles. The van der Waals surface area contributed by atoms with Crippen LogP contribution in [0.4, 0.5) is 5.69 Å². The molecule has 2 fully saturated rings. The van der Waals surface area contributed by atoms with E-state index in [4.69, 9.17) is 4.74 Å². The second kappa shape index (κ2) is 7.25. The summed E-state index contributed by atoms with van der Waals surface area (Å²) in [4.78, 5) is 38.3. The van der Waals surface area contributed by atoms with E-state index >= 15 is 0 Å². The number of carbonyl (C=O) groups excluding carboxylic acids is 3. The van der Waals surface area contributed by atoms with Crippen LogP contribution in [0.1, 0.15) is 38.7 Å². The Morgan fingerprint density at radius 2 is 2.04 bits per heavy atom. The Morgan fingerprint density at radius 1 is 1.32 bits per heavy atom. The van der Waals surface area contributed by atoms with E-state index in [1.54, 1.807) is 11.8 Å². The maximum absolute atomic E-state index is 12.4. The summed E-state index contributed by atoms with van der Waals surface area (Å²) in [6.07, 6.45) is 2.06. The molecule has 2 amide bonds. The Balaban J connectivity index is 1.61. The number of benzene rings is 1. The molecule has 1 aromatic rings. The minimum Gasteiger partial charge on any atom is -0.452 e. The van der Waals surface area contributed by atoms with Gasteiger partial charge < -0.3 is 15.0 Å². The molecule has 6 nitrogen and oxygen atoms in total. The molecule has 0 aromatic heterocycles. The largest absolute Gasteiger partial charge is 0.452 e. The molecule has 25 heavy (non-hydrogen) atoms. The molecular weight excluding hydrogens is 320 g/mol. The number of hydrogen-bond donors (Lipinski definition) is 1. The van der Waals surface area contributed by atoms with Gasteiger partial charge in [0.1, 0.15) is 0 Å². The van der Waals surface area contributed by atoms with Crippen LogP contribution < -0.4 is 10.2 Å².